The van der Waals surface area contributed by atoms with Crippen molar-refractivity contribution in [1.82, 2.24) is 34.7 Å². The molecule has 1 aromatic carbocycles. The largest absolute Gasteiger partial charge is 0.480 e. The van der Waals surface area contributed by atoms with Gasteiger partial charge in [0.05, 0.1) is 26.2 Å². The molecular formula is C30H28F2N8O7S. The average Bonchev–Trinajstić information content (AvgIpc) is 3.44. The topological polar surface area (TPSA) is 172 Å². The zero-order valence-electron chi connectivity index (χ0n) is 25.9. The third-order valence-electron chi connectivity index (χ3n) is 7.07. The molecule has 0 radical (unpaired) electrons. The van der Waals surface area contributed by atoms with E-state index >= 15 is 0 Å². The molecule has 0 saturated carbocycles. The Hall–Kier alpha value is -5.59. The van der Waals surface area contributed by atoms with E-state index in [2.05, 4.69) is 30.8 Å². The number of carbonyl (C=O) groups excluding carboxylic acids is 2. The predicted molar refractivity (Wildman–Crippen MR) is 170 cm³/mol. The normalized spacial score (nSPS) is 11.0. The number of rotatable bonds is 11. The van der Waals surface area contributed by atoms with E-state index < -0.39 is 46.9 Å². The van der Waals surface area contributed by atoms with Crippen LogP contribution in [0.15, 0.2) is 58.3 Å². The van der Waals surface area contributed by atoms with Crippen LogP contribution in [-0.2, 0) is 27.5 Å². The second kappa shape index (κ2) is 14.4. The lowest BCUT2D eigenvalue weighted by molar-refractivity contribution is -0.134. The number of nitrogens with zero attached hydrogens (tertiary/aromatic N) is 6. The molecule has 18 heteroatoms. The molecule has 4 heterocycles. The van der Waals surface area contributed by atoms with Gasteiger partial charge in [-0.1, -0.05) is 6.07 Å². The number of carbonyl (C=O) groups is 2. The molecular weight excluding hydrogens is 654 g/mol. The number of nitrogens with one attached hydrogen (secondary N) is 2. The average molecular weight is 683 g/mol. The highest BCUT2D eigenvalue weighted by Crippen LogP contribution is 2.38. The zero-order valence-corrected chi connectivity index (χ0v) is 26.8. The van der Waals surface area contributed by atoms with Crippen molar-refractivity contribution in [2.45, 2.75) is 13.1 Å². The number of fused-ring (bicyclic) bond motifs is 1. The van der Waals surface area contributed by atoms with Crippen molar-refractivity contribution >= 4 is 39.3 Å². The van der Waals surface area contributed by atoms with E-state index in [1.54, 1.807) is 6.07 Å². The molecule has 0 spiro atoms. The first kappa shape index (κ1) is 33.8. The molecule has 250 valence electrons. The minimum absolute atomic E-state index is 0.0114. The maximum absolute atomic E-state index is 15.0. The Labute approximate surface area is 274 Å². The van der Waals surface area contributed by atoms with Crippen molar-refractivity contribution in [3.8, 4) is 22.1 Å². The Morgan fingerprint density at radius 1 is 1.00 bits per heavy atom. The zero-order chi connectivity index (χ0) is 34.5. The summed E-state index contributed by atoms with van der Waals surface area (Å²) in [6.45, 7) is -0.975. The smallest absolute Gasteiger partial charge is 0.344 e. The Balaban J connectivity index is 1.80. The molecule has 3 amide bonds. The van der Waals surface area contributed by atoms with Gasteiger partial charge in [-0.15, -0.1) is 21.5 Å². The van der Waals surface area contributed by atoms with Crippen molar-refractivity contribution in [3.63, 3.8) is 0 Å². The number of pyridine rings is 1. The first-order valence-electron chi connectivity index (χ1n) is 14.0. The highest BCUT2D eigenvalue weighted by atomic mass is 32.1. The fraction of sp³-hybridized carbons (Fsp3) is 0.233. The van der Waals surface area contributed by atoms with Crippen LogP contribution in [0.25, 0.3) is 26.5 Å². The first-order valence-corrected chi connectivity index (χ1v) is 14.8. The number of amides is 3. The molecule has 0 atom stereocenters. The minimum atomic E-state index is -0.945. The lowest BCUT2D eigenvalue weighted by Crippen LogP contribution is -2.40. The number of ether oxygens (including phenoxy) is 2. The van der Waals surface area contributed by atoms with Gasteiger partial charge in [0.15, 0.2) is 5.82 Å². The SMILES string of the molecule is COCC(=O)N(C)Cc1c(-c2ccc(NC(=O)NOC)nc2)sc2c1c(=O)n(-c1ccc(OC)nn1)c(=O)n2Cc1c(F)cccc1F. The molecule has 0 saturated heterocycles. The van der Waals surface area contributed by atoms with Crippen LogP contribution < -0.4 is 26.8 Å². The summed E-state index contributed by atoms with van der Waals surface area (Å²) >= 11 is 0.988. The van der Waals surface area contributed by atoms with Crippen molar-refractivity contribution in [3.05, 3.63) is 92.3 Å². The number of halogens is 2. The summed E-state index contributed by atoms with van der Waals surface area (Å²) in [4.78, 5) is 63.8. The van der Waals surface area contributed by atoms with E-state index in [0.29, 0.717) is 16.0 Å². The quantitative estimate of drug-likeness (QED) is 0.197. The van der Waals surface area contributed by atoms with Gasteiger partial charge in [-0.25, -0.2) is 33.4 Å². The summed E-state index contributed by atoms with van der Waals surface area (Å²) in [6, 6.07) is 8.46. The monoisotopic (exact) mass is 682 g/mol. The van der Waals surface area contributed by atoms with Crippen molar-refractivity contribution in [2.75, 3.05) is 40.3 Å². The highest BCUT2D eigenvalue weighted by Gasteiger charge is 2.27. The van der Waals surface area contributed by atoms with Crippen LogP contribution in [0.2, 0.25) is 0 Å². The Morgan fingerprint density at radius 2 is 1.75 bits per heavy atom. The number of aromatic nitrogens is 5. The number of urea groups is 1. The van der Waals surface area contributed by atoms with E-state index in [1.807, 2.05) is 0 Å². The third-order valence-corrected chi connectivity index (χ3v) is 8.37. The summed E-state index contributed by atoms with van der Waals surface area (Å²) in [5, 5.41) is 10.3. The van der Waals surface area contributed by atoms with Crippen LogP contribution in [0, 0.1) is 11.6 Å². The second-order valence-corrected chi connectivity index (χ2v) is 11.1. The Morgan fingerprint density at radius 3 is 2.35 bits per heavy atom. The lowest BCUT2D eigenvalue weighted by Gasteiger charge is -2.18. The van der Waals surface area contributed by atoms with Crippen LogP contribution in [0.4, 0.5) is 19.4 Å². The van der Waals surface area contributed by atoms with E-state index in [1.165, 1.54) is 63.7 Å². The highest BCUT2D eigenvalue weighted by molar-refractivity contribution is 7.22. The van der Waals surface area contributed by atoms with Crippen LogP contribution in [0.1, 0.15) is 11.1 Å². The number of methoxy groups -OCH3 is 2. The number of anilines is 1. The number of hydrogen-bond acceptors (Lipinski definition) is 11. The van der Waals surface area contributed by atoms with E-state index in [9.17, 15) is 28.0 Å². The van der Waals surface area contributed by atoms with Gasteiger partial charge in [-0.2, -0.15) is 0 Å². The lowest BCUT2D eigenvalue weighted by atomic mass is 10.1. The maximum atomic E-state index is 15.0. The first-order chi connectivity index (χ1) is 23.1. The van der Waals surface area contributed by atoms with Crippen LogP contribution in [0.5, 0.6) is 5.88 Å². The van der Waals surface area contributed by atoms with Gasteiger partial charge in [0.25, 0.3) is 5.56 Å². The van der Waals surface area contributed by atoms with Gasteiger partial charge >= 0.3 is 11.7 Å². The number of thiophene rings is 1. The third kappa shape index (κ3) is 6.75. The van der Waals surface area contributed by atoms with Gasteiger partial charge in [-0.3, -0.25) is 24.3 Å². The molecule has 48 heavy (non-hydrogen) atoms. The number of benzene rings is 1. The van der Waals surface area contributed by atoms with E-state index in [-0.39, 0.29) is 40.9 Å². The van der Waals surface area contributed by atoms with Gasteiger partial charge in [0, 0.05) is 54.5 Å². The molecule has 0 bridgehead atoms. The molecule has 0 unspecified atom stereocenters. The number of likely N-dealkylation sites (N-methyl/N-ethyl adjacent to an activating group) is 1. The molecule has 4 aromatic heterocycles. The summed E-state index contributed by atoms with van der Waals surface area (Å²) in [5.74, 6) is -2.11. The molecule has 0 aliphatic rings. The van der Waals surface area contributed by atoms with Crippen molar-refractivity contribution < 1.29 is 32.7 Å². The van der Waals surface area contributed by atoms with Crippen molar-refractivity contribution in [1.29, 1.82) is 0 Å². The fourth-order valence-electron chi connectivity index (χ4n) is 4.77. The molecule has 0 fully saturated rings. The summed E-state index contributed by atoms with van der Waals surface area (Å²) < 4.78 is 41.8. The molecule has 5 aromatic rings. The molecule has 2 N–H and O–H groups in total. The van der Waals surface area contributed by atoms with Crippen molar-refractivity contribution in [2.24, 2.45) is 0 Å². The minimum Gasteiger partial charge on any atom is -0.480 e. The molecule has 0 aliphatic heterocycles. The summed E-state index contributed by atoms with van der Waals surface area (Å²) in [6.07, 6.45) is 1.42. The number of hydrogen-bond donors (Lipinski definition) is 2. The summed E-state index contributed by atoms with van der Waals surface area (Å²) in [7, 11) is 5.50. The van der Waals surface area contributed by atoms with Crippen LogP contribution >= 0.6 is 11.3 Å². The van der Waals surface area contributed by atoms with Crippen LogP contribution in [-0.4, -0.2) is 76.1 Å². The van der Waals surface area contributed by atoms with E-state index in [0.717, 1.165) is 32.6 Å². The predicted octanol–water partition coefficient (Wildman–Crippen LogP) is 2.69. The maximum Gasteiger partial charge on any atom is 0.344 e. The number of hydroxylamine groups is 1. The van der Waals surface area contributed by atoms with Gasteiger partial charge < -0.3 is 14.4 Å². The van der Waals surface area contributed by atoms with Gasteiger partial charge in [0.2, 0.25) is 11.8 Å². The van der Waals surface area contributed by atoms with E-state index in [4.69, 9.17) is 9.47 Å². The second-order valence-electron chi connectivity index (χ2n) is 10.1. The molecule has 5 rings (SSSR count). The van der Waals surface area contributed by atoms with Gasteiger partial charge in [0.1, 0.15) is 28.9 Å². The summed E-state index contributed by atoms with van der Waals surface area (Å²) in [5.41, 5.74) is 0.690. The van der Waals surface area contributed by atoms with Gasteiger partial charge in [-0.05, 0) is 30.3 Å². The standard InChI is InChI=1S/C30H28F2N8O7S/c1-38(24(41)15-45-2)13-18-25-27(42)40(22-10-11-23(46-3)36-35-22)30(44)39(14-17-19(31)6-5-7-20(17)32)28(25)48-26(18)16-8-9-21(33-12-16)34-29(43)37-47-4/h5-12H,13-15H2,1-4H3,(H2,33,34,37,43). The Kier molecular flexibility index (Phi) is 10.2. The Bertz CT molecular complexity index is 2080. The fourth-order valence-corrected chi connectivity index (χ4v) is 6.06. The molecule has 15 nitrogen and oxygen atoms in total. The molecule has 0 aliphatic carbocycles. The van der Waals surface area contributed by atoms with Crippen LogP contribution in [0.3, 0.4) is 0 Å².